The topological polar surface area (TPSA) is 60.7 Å². The van der Waals surface area contributed by atoms with Crippen LogP contribution in [0.1, 0.15) is 0 Å². The van der Waals surface area contributed by atoms with Crippen molar-refractivity contribution in [2.45, 2.75) is 0 Å². The van der Waals surface area contributed by atoms with E-state index in [1.165, 1.54) is 14.3 Å². The maximum atomic E-state index is 7.17. The van der Waals surface area contributed by atoms with E-state index in [2.05, 4.69) is 121 Å². The first-order chi connectivity index (χ1) is 14.2. The molecule has 5 heteroatoms. The molecule has 0 amide bonds. The Kier molecular flexibility index (Phi) is 7.66. The van der Waals surface area contributed by atoms with Crippen LogP contribution in [0.2, 0.25) is 0 Å². The van der Waals surface area contributed by atoms with Crippen molar-refractivity contribution < 1.29 is 15.1 Å². The van der Waals surface area contributed by atoms with E-state index in [4.69, 9.17) is 15.1 Å². The molecule has 0 aliphatic carbocycles. The van der Waals surface area contributed by atoms with Gasteiger partial charge in [0, 0.05) is 0 Å². The minimum absolute atomic E-state index is 1.49. The first kappa shape index (κ1) is 21.3. The molecule has 0 saturated carbocycles. The molecule has 4 aromatic rings. The van der Waals surface area contributed by atoms with Gasteiger partial charge in [0.25, 0.3) is 0 Å². The van der Waals surface area contributed by atoms with Gasteiger partial charge in [-0.1, -0.05) is 0 Å². The Morgan fingerprint density at radius 3 is 0.724 bits per heavy atom. The zero-order valence-corrected chi connectivity index (χ0v) is 18.8. The molecule has 3 nitrogen and oxygen atoms in total. The van der Waals surface area contributed by atoms with Crippen molar-refractivity contribution in [2.75, 3.05) is 0 Å². The summed E-state index contributed by atoms with van der Waals surface area (Å²) in [5.41, 5.74) is 0. The third-order valence-corrected chi connectivity index (χ3v) is 18.5. The SMILES string of the molecule is OB(O)O.c1cc[c]([Sn]([c]2ccccc2)([c]2ccccc2)[c]2ccccc2)cc1. The minimum atomic E-state index is -3.31. The van der Waals surface area contributed by atoms with E-state index in [1.54, 1.807) is 0 Å². The summed E-state index contributed by atoms with van der Waals surface area (Å²) in [6, 6.07) is 44.4. The van der Waals surface area contributed by atoms with Crippen LogP contribution in [0.25, 0.3) is 0 Å². The number of hydrogen-bond acceptors (Lipinski definition) is 3. The number of rotatable bonds is 4. The van der Waals surface area contributed by atoms with Crippen molar-refractivity contribution in [3.8, 4) is 0 Å². The Labute approximate surface area is 176 Å². The van der Waals surface area contributed by atoms with Crippen LogP contribution in [-0.2, 0) is 0 Å². The van der Waals surface area contributed by atoms with Crippen molar-refractivity contribution >= 4 is 40.0 Å². The molecule has 0 aromatic heterocycles. The van der Waals surface area contributed by atoms with Crippen molar-refractivity contribution in [3.05, 3.63) is 121 Å². The average molecular weight is 489 g/mol. The molecule has 0 aliphatic heterocycles. The van der Waals surface area contributed by atoms with E-state index in [0.29, 0.717) is 0 Å². The van der Waals surface area contributed by atoms with Crippen molar-refractivity contribution in [1.82, 2.24) is 0 Å². The molecule has 3 N–H and O–H groups in total. The molecule has 144 valence electrons. The van der Waals surface area contributed by atoms with Gasteiger partial charge in [0.05, 0.1) is 0 Å². The summed E-state index contributed by atoms with van der Waals surface area (Å²) in [6.07, 6.45) is 0. The molecular weight excluding hydrogens is 466 g/mol. The zero-order valence-electron chi connectivity index (χ0n) is 16.0. The van der Waals surface area contributed by atoms with Crippen LogP contribution in [-0.4, -0.2) is 40.8 Å². The third-order valence-electron chi connectivity index (χ3n) is 4.83. The van der Waals surface area contributed by atoms with Gasteiger partial charge < -0.3 is 15.1 Å². The Morgan fingerprint density at radius 1 is 0.379 bits per heavy atom. The van der Waals surface area contributed by atoms with E-state index < -0.39 is 25.7 Å². The molecule has 4 aromatic carbocycles. The summed E-state index contributed by atoms with van der Waals surface area (Å²) in [4.78, 5) is 0. The first-order valence-corrected chi connectivity index (χ1v) is 15.1. The van der Waals surface area contributed by atoms with Crippen LogP contribution < -0.4 is 14.3 Å². The van der Waals surface area contributed by atoms with Gasteiger partial charge in [0.1, 0.15) is 0 Å². The quantitative estimate of drug-likeness (QED) is 0.376. The first-order valence-electron chi connectivity index (χ1n) is 9.42. The van der Waals surface area contributed by atoms with Gasteiger partial charge in [-0.25, -0.2) is 0 Å². The van der Waals surface area contributed by atoms with Crippen LogP contribution in [0, 0.1) is 0 Å². The maximum absolute atomic E-state index is 7.17. The second kappa shape index (κ2) is 10.4. The predicted octanol–water partition coefficient (Wildman–Crippen LogP) is 1.01. The van der Waals surface area contributed by atoms with E-state index >= 15 is 0 Å². The Balaban J connectivity index is 0.000000552. The summed E-state index contributed by atoms with van der Waals surface area (Å²) in [5.74, 6) is 0. The molecule has 0 aliphatic rings. The Bertz CT molecular complexity index is 815. The number of hydrogen-bond donors (Lipinski definition) is 3. The number of benzene rings is 4. The third kappa shape index (κ3) is 4.97. The van der Waals surface area contributed by atoms with Crippen LogP contribution in [0.15, 0.2) is 121 Å². The van der Waals surface area contributed by atoms with Gasteiger partial charge in [-0.2, -0.15) is 0 Å². The van der Waals surface area contributed by atoms with Crippen LogP contribution >= 0.6 is 0 Å². The molecule has 0 radical (unpaired) electrons. The molecule has 0 bridgehead atoms. The molecule has 0 atom stereocenters. The summed E-state index contributed by atoms with van der Waals surface area (Å²) < 4.78 is 5.95. The standard InChI is InChI=1S/4C6H5.BH3O3.Sn/c4*1-2-4-6-5-3-1;2-1(3)4;/h4*1-5H;2-4H;. The molecule has 0 unspecified atom stereocenters. The molecule has 29 heavy (non-hydrogen) atoms. The van der Waals surface area contributed by atoms with Crippen molar-refractivity contribution in [1.29, 1.82) is 0 Å². The summed E-state index contributed by atoms with van der Waals surface area (Å²) in [5, 5.41) is 21.5. The second-order valence-corrected chi connectivity index (χ2v) is 17.4. The molecular formula is C24H23BO3Sn. The van der Waals surface area contributed by atoms with Crippen molar-refractivity contribution in [2.24, 2.45) is 0 Å². The average Bonchev–Trinajstić information content (AvgIpc) is 2.77. The Hall–Kier alpha value is -2.38. The predicted molar refractivity (Wildman–Crippen MR) is 122 cm³/mol. The van der Waals surface area contributed by atoms with Crippen LogP contribution in [0.4, 0.5) is 0 Å². The van der Waals surface area contributed by atoms with Crippen molar-refractivity contribution in [3.63, 3.8) is 0 Å². The molecule has 4 rings (SSSR count). The van der Waals surface area contributed by atoms with Crippen LogP contribution in [0.5, 0.6) is 0 Å². The molecule has 0 spiro atoms. The van der Waals surface area contributed by atoms with E-state index in [9.17, 15) is 0 Å². The van der Waals surface area contributed by atoms with E-state index in [0.717, 1.165) is 0 Å². The molecule has 0 saturated heterocycles. The summed E-state index contributed by atoms with van der Waals surface area (Å²) in [6.45, 7) is 0. The molecule has 0 heterocycles. The van der Waals surface area contributed by atoms with Gasteiger partial charge in [0.15, 0.2) is 0 Å². The fourth-order valence-corrected chi connectivity index (χ4v) is 17.4. The van der Waals surface area contributed by atoms with Crippen LogP contribution in [0.3, 0.4) is 0 Å². The van der Waals surface area contributed by atoms with E-state index in [-0.39, 0.29) is 0 Å². The van der Waals surface area contributed by atoms with E-state index in [1.807, 2.05) is 0 Å². The van der Waals surface area contributed by atoms with Gasteiger partial charge in [-0.05, 0) is 0 Å². The fraction of sp³-hybridized carbons (Fsp3) is 0. The normalized spacial score (nSPS) is 10.6. The van der Waals surface area contributed by atoms with Gasteiger partial charge in [-0.3, -0.25) is 0 Å². The molecule has 0 fully saturated rings. The van der Waals surface area contributed by atoms with Gasteiger partial charge in [0.2, 0.25) is 0 Å². The van der Waals surface area contributed by atoms with Gasteiger partial charge >= 0.3 is 161 Å². The Morgan fingerprint density at radius 2 is 0.552 bits per heavy atom. The summed E-state index contributed by atoms with van der Waals surface area (Å²) >= 11 is -3.31. The summed E-state index contributed by atoms with van der Waals surface area (Å²) in [7, 11) is -2.17. The monoisotopic (exact) mass is 490 g/mol. The van der Waals surface area contributed by atoms with Gasteiger partial charge in [-0.15, -0.1) is 0 Å². The zero-order chi connectivity index (χ0) is 20.5. The fourth-order valence-electron chi connectivity index (χ4n) is 3.75. The second-order valence-electron chi connectivity index (χ2n) is 6.56.